The van der Waals surface area contributed by atoms with Crippen LogP contribution in [0.3, 0.4) is 0 Å². The van der Waals surface area contributed by atoms with Crippen LogP contribution in [0.25, 0.3) is 0 Å². The van der Waals surface area contributed by atoms with Crippen molar-refractivity contribution in [1.82, 2.24) is 10.2 Å². The largest absolute Gasteiger partial charge is 0.355 e. The molecule has 1 aromatic carbocycles. The molecule has 2 fully saturated rings. The quantitative estimate of drug-likeness (QED) is 0.907. The summed E-state index contributed by atoms with van der Waals surface area (Å²) in [5.74, 6) is 1.42. The molecule has 1 heterocycles. The Morgan fingerprint density at radius 1 is 1.30 bits per heavy atom. The van der Waals surface area contributed by atoms with Crippen molar-refractivity contribution < 1.29 is 9.59 Å². The molecule has 1 aliphatic carbocycles. The molecule has 0 unspecified atom stereocenters. The van der Waals surface area contributed by atoms with Crippen molar-refractivity contribution in [3.05, 3.63) is 35.4 Å². The zero-order valence-corrected chi connectivity index (χ0v) is 14.0. The third-order valence-electron chi connectivity index (χ3n) is 5.25. The van der Waals surface area contributed by atoms with E-state index in [-0.39, 0.29) is 17.7 Å². The molecule has 0 radical (unpaired) electrons. The summed E-state index contributed by atoms with van der Waals surface area (Å²) >= 11 is 0. The lowest BCUT2D eigenvalue weighted by atomic mass is 9.94. The minimum atomic E-state index is 0.115. The Morgan fingerprint density at radius 3 is 2.74 bits per heavy atom. The Morgan fingerprint density at radius 2 is 2.04 bits per heavy atom. The normalized spacial score (nSPS) is 26.2. The molecule has 1 aromatic rings. The maximum atomic E-state index is 12.3. The molecule has 4 heteroatoms. The van der Waals surface area contributed by atoms with Gasteiger partial charge < -0.3 is 10.2 Å². The molecular formula is C19H26N2O2. The number of carbonyl (C=O) groups excluding carboxylic acids is 2. The number of amides is 2. The van der Waals surface area contributed by atoms with Crippen LogP contribution in [0.1, 0.15) is 43.2 Å². The third kappa shape index (κ3) is 3.74. The second kappa shape index (κ2) is 6.73. The smallest absolute Gasteiger partial charge is 0.224 e. The molecule has 23 heavy (non-hydrogen) atoms. The first-order chi connectivity index (χ1) is 11.1. The lowest BCUT2D eigenvalue weighted by Gasteiger charge is -2.18. The highest BCUT2D eigenvalue weighted by Crippen LogP contribution is 2.37. The number of hydrogen-bond acceptors (Lipinski definition) is 2. The van der Waals surface area contributed by atoms with Crippen molar-refractivity contribution in [2.75, 3.05) is 19.6 Å². The molecule has 1 N–H and O–H groups in total. The highest BCUT2D eigenvalue weighted by atomic mass is 16.2. The Labute approximate surface area is 138 Å². The summed E-state index contributed by atoms with van der Waals surface area (Å²) in [4.78, 5) is 26.0. The average molecular weight is 314 g/mol. The number of carbonyl (C=O) groups is 2. The molecule has 3 rings (SSSR count). The van der Waals surface area contributed by atoms with Crippen LogP contribution in [-0.2, 0) is 9.59 Å². The Kier molecular flexibility index (Phi) is 4.69. The van der Waals surface area contributed by atoms with E-state index in [0.29, 0.717) is 24.8 Å². The maximum absolute atomic E-state index is 12.3. The Hall–Kier alpha value is -1.84. The molecule has 4 nitrogen and oxygen atoms in total. The number of rotatable bonds is 5. The van der Waals surface area contributed by atoms with E-state index >= 15 is 0 Å². The van der Waals surface area contributed by atoms with Crippen LogP contribution in [0.5, 0.6) is 0 Å². The maximum Gasteiger partial charge on any atom is 0.224 e. The first kappa shape index (κ1) is 16.0. The predicted molar refractivity (Wildman–Crippen MR) is 90.0 cm³/mol. The van der Waals surface area contributed by atoms with Crippen LogP contribution in [0.4, 0.5) is 0 Å². The summed E-state index contributed by atoms with van der Waals surface area (Å²) in [7, 11) is 0. The number of hydrogen-bond donors (Lipinski definition) is 1. The molecular weight excluding hydrogens is 288 g/mol. The van der Waals surface area contributed by atoms with Gasteiger partial charge in [0, 0.05) is 37.9 Å². The van der Waals surface area contributed by atoms with Gasteiger partial charge in [-0.25, -0.2) is 0 Å². The second-order valence-corrected chi connectivity index (χ2v) is 7.04. The standard InChI is InChI=1S/C19H26N2O2/c1-13-5-3-4-6-16(13)15-8-10-21(12-15)18(22)7-9-20-19(23)17-11-14(17)2/h3-6,14-15,17H,7-12H2,1-2H3,(H,20,23)/t14-,15+,17+/m0/s1. The molecule has 0 aromatic heterocycles. The van der Waals surface area contributed by atoms with E-state index < -0.39 is 0 Å². The number of nitrogens with zero attached hydrogens (tertiary/aromatic N) is 1. The van der Waals surface area contributed by atoms with Gasteiger partial charge in [0.25, 0.3) is 0 Å². The number of aryl methyl sites for hydroxylation is 1. The third-order valence-corrected chi connectivity index (χ3v) is 5.25. The Bertz CT molecular complexity index is 599. The zero-order chi connectivity index (χ0) is 16.4. The van der Waals surface area contributed by atoms with Gasteiger partial charge in [0.2, 0.25) is 11.8 Å². The molecule has 2 amide bonds. The van der Waals surface area contributed by atoms with E-state index in [0.717, 1.165) is 25.9 Å². The number of benzene rings is 1. The number of likely N-dealkylation sites (tertiary alicyclic amines) is 1. The Balaban J connectivity index is 1.44. The van der Waals surface area contributed by atoms with Gasteiger partial charge in [-0.1, -0.05) is 31.2 Å². The molecule has 2 aliphatic rings. The molecule has 0 spiro atoms. The molecule has 1 aliphatic heterocycles. The second-order valence-electron chi connectivity index (χ2n) is 7.04. The van der Waals surface area contributed by atoms with Crippen molar-refractivity contribution in [2.24, 2.45) is 11.8 Å². The van der Waals surface area contributed by atoms with Gasteiger partial charge in [0.05, 0.1) is 0 Å². The van der Waals surface area contributed by atoms with Crippen LogP contribution in [0.2, 0.25) is 0 Å². The van der Waals surface area contributed by atoms with Gasteiger partial charge in [-0.05, 0) is 36.8 Å². The van der Waals surface area contributed by atoms with E-state index in [9.17, 15) is 9.59 Å². The van der Waals surface area contributed by atoms with E-state index in [1.54, 1.807) is 0 Å². The van der Waals surface area contributed by atoms with Crippen LogP contribution < -0.4 is 5.32 Å². The van der Waals surface area contributed by atoms with Crippen LogP contribution in [0, 0.1) is 18.8 Å². The topological polar surface area (TPSA) is 49.4 Å². The van der Waals surface area contributed by atoms with Gasteiger partial charge in [-0.15, -0.1) is 0 Å². The van der Waals surface area contributed by atoms with Gasteiger partial charge in [-0.3, -0.25) is 9.59 Å². The van der Waals surface area contributed by atoms with E-state index in [2.05, 4.69) is 43.4 Å². The summed E-state index contributed by atoms with van der Waals surface area (Å²) in [5, 5.41) is 2.89. The first-order valence-corrected chi connectivity index (χ1v) is 8.67. The van der Waals surface area contributed by atoms with Gasteiger partial charge in [-0.2, -0.15) is 0 Å². The zero-order valence-electron chi connectivity index (χ0n) is 14.0. The highest BCUT2D eigenvalue weighted by Gasteiger charge is 2.38. The van der Waals surface area contributed by atoms with Crippen molar-refractivity contribution in [1.29, 1.82) is 0 Å². The predicted octanol–water partition coefficient (Wildman–Crippen LogP) is 2.47. The monoisotopic (exact) mass is 314 g/mol. The molecule has 1 saturated carbocycles. The average Bonchev–Trinajstić information content (AvgIpc) is 3.08. The van der Waals surface area contributed by atoms with Crippen LogP contribution in [-0.4, -0.2) is 36.3 Å². The summed E-state index contributed by atoms with van der Waals surface area (Å²) in [6.45, 7) is 6.31. The van der Waals surface area contributed by atoms with Crippen molar-refractivity contribution in [3.8, 4) is 0 Å². The van der Waals surface area contributed by atoms with Gasteiger partial charge in [0.15, 0.2) is 0 Å². The first-order valence-electron chi connectivity index (χ1n) is 8.67. The highest BCUT2D eigenvalue weighted by molar-refractivity contribution is 5.82. The van der Waals surface area contributed by atoms with E-state index in [1.807, 2.05) is 4.90 Å². The van der Waals surface area contributed by atoms with Gasteiger partial charge >= 0.3 is 0 Å². The number of nitrogens with one attached hydrogen (secondary N) is 1. The fourth-order valence-corrected chi connectivity index (χ4v) is 3.55. The van der Waals surface area contributed by atoms with Gasteiger partial charge in [0.1, 0.15) is 0 Å². The SMILES string of the molecule is Cc1ccccc1[C@@H]1CCN(C(=O)CCNC(=O)[C@@H]2C[C@@H]2C)C1. The molecule has 3 atom stereocenters. The summed E-state index contributed by atoms with van der Waals surface area (Å²) in [6.07, 6.45) is 2.43. The van der Waals surface area contributed by atoms with E-state index in [1.165, 1.54) is 11.1 Å². The molecule has 0 bridgehead atoms. The fraction of sp³-hybridized carbons (Fsp3) is 0.579. The van der Waals surface area contributed by atoms with E-state index in [4.69, 9.17) is 0 Å². The fourth-order valence-electron chi connectivity index (χ4n) is 3.55. The lowest BCUT2D eigenvalue weighted by Crippen LogP contribution is -2.33. The molecule has 1 saturated heterocycles. The van der Waals surface area contributed by atoms with Crippen molar-refractivity contribution >= 4 is 11.8 Å². The minimum absolute atomic E-state index is 0.115. The van der Waals surface area contributed by atoms with Crippen LogP contribution in [0.15, 0.2) is 24.3 Å². The molecule has 124 valence electrons. The van der Waals surface area contributed by atoms with Crippen LogP contribution >= 0.6 is 0 Å². The summed E-state index contributed by atoms with van der Waals surface area (Å²) < 4.78 is 0. The summed E-state index contributed by atoms with van der Waals surface area (Å²) in [5.41, 5.74) is 2.66. The minimum Gasteiger partial charge on any atom is -0.355 e. The lowest BCUT2D eigenvalue weighted by molar-refractivity contribution is -0.130. The summed E-state index contributed by atoms with van der Waals surface area (Å²) in [6, 6.07) is 8.43. The van der Waals surface area contributed by atoms with Crippen molar-refractivity contribution in [3.63, 3.8) is 0 Å². The van der Waals surface area contributed by atoms with Crippen molar-refractivity contribution in [2.45, 2.75) is 39.0 Å².